The molecule has 0 unspecified atom stereocenters. The molecule has 0 aliphatic rings. The smallest absolute Gasteiger partial charge is 0.169 e. The van der Waals surface area contributed by atoms with E-state index in [-0.39, 0.29) is 11.3 Å². The summed E-state index contributed by atoms with van der Waals surface area (Å²) < 4.78 is 24.0. The number of aldehydes is 1. The summed E-state index contributed by atoms with van der Waals surface area (Å²) in [4.78, 5) is 10.5. The topological polar surface area (TPSA) is 35.5 Å². The molecule has 3 nitrogen and oxygen atoms in total. The first kappa shape index (κ1) is 13.4. The van der Waals surface area contributed by atoms with Crippen molar-refractivity contribution in [2.24, 2.45) is 0 Å². The summed E-state index contributed by atoms with van der Waals surface area (Å²) in [6.07, 6.45) is 0.446. The fourth-order valence-electron chi connectivity index (χ4n) is 1.52. The van der Waals surface area contributed by atoms with Crippen LogP contribution in [0.25, 0.3) is 0 Å². The number of methoxy groups -OCH3 is 1. The third kappa shape index (κ3) is 3.03. The van der Waals surface area contributed by atoms with Crippen molar-refractivity contribution < 1.29 is 18.7 Å². The predicted molar refractivity (Wildman–Crippen MR) is 69.9 cm³/mol. The Balaban J connectivity index is 2.30. The van der Waals surface area contributed by atoms with Gasteiger partial charge in [-0.2, -0.15) is 0 Å². The van der Waals surface area contributed by atoms with Crippen LogP contribution < -0.4 is 9.47 Å². The molecule has 0 saturated carbocycles. The molecule has 0 aliphatic heterocycles. The minimum Gasteiger partial charge on any atom is -0.493 e. The number of halogens is 2. The zero-order valence-corrected chi connectivity index (χ0v) is 10.8. The van der Waals surface area contributed by atoms with E-state index in [2.05, 4.69) is 0 Å². The maximum atomic E-state index is 13.4. The highest BCUT2D eigenvalue weighted by molar-refractivity contribution is 6.30. The third-order valence-corrected chi connectivity index (χ3v) is 2.69. The molecule has 2 rings (SSSR count). The summed E-state index contributed by atoms with van der Waals surface area (Å²) in [6, 6.07) is 8.83. The SMILES string of the molecule is COc1cc(Cl)ccc1Oc1ccc(C=O)c(F)c1. The molecule has 19 heavy (non-hydrogen) atoms. The molecule has 2 aromatic carbocycles. The van der Waals surface area contributed by atoms with E-state index in [1.807, 2.05) is 0 Å². The molecule has 5 heteroatoms. The molecule has 0 heterocycles. The van der Waals surface area contributed by atoms with Crippen LogP contribution in [0.5, 0.6) is 17.2 Å². The molecule has 0 bridgehead atoms. The van der Waals surface area contributed by atoms with Crippen LogP contribution in [0.3, 0.4) is 0 Å². The number of carbonyl (C=O) groups excluding carboxylic acids is 1. The molecule has 98 valence electrons. The monoisotopic (exact) mass is 280 g/mol. The molecular formula is C14H10ClFO3. The number of benzene rings is 2. The Labute approximate surface area is 114 Å². The first-order chi connectivity index (χ1) is 9.13. The minimum atomic E-state index is -0.638. The molecule has 0 saturated heterocycles. The van der Waals surface area contributed by atoms with Crippen molar-refractivity contribution in [2.45, 2.75) is 0 Å². The Morgan fingerprint density at radius 2 is 1.95 bits per heavy atom. The zero-order valence-electron chi connectivity index (χ0n) is 10.0. The van der Waals surface area contributed by atoms with Gasteiger partial charge in [0.1, 0.15) is 11.6 Å². The van der Waals surface area contributed by atoms with Gasteiger partial charge in [-0.15, -0.1) is 0 Å². The van der Waals surface area contributed by atoms with E-state index in [1.165, 1.54) is 19.2 Å². The van der Waals surface area contributed by atoms with Crippen molar-refractivity contribution in [2.75, 3.05) is 7.11 Å². The first-order valence-electron chi connectivity index (χ1n) is 5.40. The van der Waals surface area contributed by atoms with Gasteiger partial charge in [0.25, 0.3) is 0 Å². The van der Waals surface area contributed by atoms with Crippen LogP contribution in [0.15, 0.2) is 36.4 Å². The van der Waals surface area contributed by atoms with E-state index in [4.69, 9.17) is 21.1 Å². The van der Waals surface area contributed by atoms with Gasteiger partial charge >= 0.3 is 0 Å². The van der Waals surface area contributed by atoms with Gasteiger partial charge in [-0.25, -0.2) is 4.39 Å². The highest BCUT2D eigenvalue weighted by Crippen LogP contribution is 2.33. The van der Waals surface area contributed by atoms with Crippen molar-refractivity contribution in [3.8, 4) is 17.2 Å². The van der Waals surface area contributed by atoms with Gasteiger partial charge in [0.2, 0.25) is 0 Å². The van der Waals surface area contributed by atoms with Crippen LogP contribution >= 0.6 is 11.6 Å². The van der Waals surface area contributed by atoms with Gasteiger partial charge in [0.05, 0.1) is 12.7 Å². The summed E-state index contributed by atoms with van der Waals surface area (Å²) in [7, 11) is 1.48. The molecule has 0 aromatic heterocycles. The van der Waals surface area contributed by atoms with E-state index >= 15 is 0 Å². The summed E-state index contributed by atoms with van der Waals surface area (Å²) in [6.45, 7) is 0. The normalized spacial score (nSPS) is 10.1. The van der Waals surface area contributed by atoms with Gasteiger partial charge < -0.3 is 9.47 Å². The van der Waals surface area contributed by atoms with Crippen LogP contribution in [0.4, 0.5) is 4.39 Å². The molecule has 0 N–H and O–H groups in total. The van der Waals surface area contributed by atoms with Crippen molar-refractivity contribution >= 4 is 17.9 Å². The molecular weight excluding hydrogens is 271 g/mol. The third-order valence-electron chi connectivity index (χ3n) is 2.45. The maximum Gasteiger partial charge on any atom is 0.169 e. The highest BCUT2D eigenvalue weighted by atomic mass is 35.5. The number of rotatable bonds is 4. The lowest BCUT2D eigenvalue weighted by molar-refractivity contribution is 0.112. The highest BCUT2D eigenvalue weighted by Gasteiger charge is 2.08. The average molecular weight is 281 g/mol. The van der Waals surface area contributed by atoms with Gasteiger partial charge in [0.15, 0.2) is 17.8 Å². The van der Waals surface area contributed by atoms with Crippen LogP contribution in [0, 0.1) is 5.82 Å². The Hall–Kier alpha value is -2.07. The second kappa shape index (κ2) is 5.71. The molecule has 0 fully saturated rings. The molecule has 0 amide bonds. The lowest BCUT2D eigenvalue weighted by Gasteiger charge is -2.10. The van der Waals surface area contributed by atoms with Gasteiger partial charge in [-0.3, -0.25) is 4.79 Å². The minimum absolute atomic E-state index is 0.0181. The van der Waals surface area contributed by atoms with E-state index in [9.17, 15) is 9.18 Å². The Bertz CT molecular complexity index is 614. The van der Waals surface area contributed by atoms with E-state index in [0.717, 1.165) is 6.07 Å². The van der Waals surface area contributed by atoms with Crippen molar-refractivity contribution in [3.63, 3.8) is 0 Å². The van der Waals surface area contributed by atoms with Crippen LogP contribution in [0.1, 0.15) is 10.4 Å². The predicted octanol–water partition coefficient (Wildman–Crippen LogP) is 4.09. The molecule has 0 aliphatic carbocycles. The largest absolute Gasteiger partial charge is 0.493 e. The lowest BCUT2D eigenvalue weighted by atomic mass is 10.2. The second-order valence-electron chi connectivity index (χ2n) is 3.70. The lowest BCUT2D eigenvalue weighted by Crippen LogP contribution is -1.92. The number of hydrogen-bond acceptors (Lipinski definition) is 3. The Morgan fingerprint density at radius 3 is 2.58 bits per heavy atom. The van der Waals surface area contributed by atoms with Crippen molar-refractivity contribution in [1.29, 1.82) is 0 Å². The number of hydrogen-bond donors (Lipinski definition) is 0. The summed E-state index contributed by atoms with van der Waals surface area (Å²) in [5, 5.41) is 0.506. The van der Waals surface area contributed by atoms with Crippen LogP contribution in [0.2, 0.25) is 5.02 Å². The van der Waals surface area contributed by atoms with Crippen LogP contribution in [-0.4, -0.2) is 13.4 Å². The van der Waals surface area contributed by atoms with Gasteiger partial charge in [-0.1, -0.05) is 11.6 Å². The maximum absolute atomic E-state index is 13.4. The fraction of sp³-hybridized carbons (Fsp3) is 0.0714. The fourth-order valence-corrected chi connectivity index (χ4v) is 1.68. The van der Waals surface area contributed by atoms with Crippen molar-refractivity contribution in [1.82, 2.24) is 0 Å². The molecule has 0 atom stereocenters. The Kier molecular flexibility index (Phi) is 4.02. The Morgan fingerprint density at radius 1 is 1.16 bits per heavy atom. The zero-order chi connectivity index (χ0) is 13.8. The summed E-state index contributed by atoms with van der Waals surface area (Å²) in [5.41, 5.74) is -0.0181. The van der Waals surface area contributed by atoms with E-state index < -0.39 is 5.82 Å². The number of carbonyl (C=O) groups is 1. The van der Waals surface area contributed by atoms with E-state index in [1.54, 1.807) is 18.2 Å². The summed E-state index contributed by atoms with van der Waals surface area (Å²) >= 11 is 5.83. The van der Waals surface area contributed by atoms with Gasteiger partial charge in [0, 0.05) is 17.2 Å². The number of ether oxygens (including phenoxy) is 2. The summed E-state index contributed by atoms with van der Waals surface area (Å²) in [5.74, 6) is 0.474. The average Bonchev–Trinajstić information content (AvgIpc) is 2.41. The molecule has 2 aromatic rings. The van der Waals surface area contributed by atoms with E-state index in [0.29, 0.717) is 22.8 Å². The quantitative estimate of drug-likeness (QED) is 0.791. The van der Waals surface area contributed by atoms with Crippen LogP contribution in [-0.2, 0) is 0 Å². The first-order valence-corrected chi connectivity index (χ1v) is 5.78. The second-order valence-corrected chi connectivity index (χ2v) is 4.13. The molecule has 0 spiro atoms. The molecule has 0 radical (unpaired) electrons. The standard InChI is InChI=1S/C14H10ClFO3/c1-18-14-6-10(15)3-5-13(14)19-11-4-2-9(8-17)12(16)7-11/h2-8H,1H3. The van der Waals surface area contributed by atoms with Gasteiger partial charge in [-0.05, 0) is 24.3 Å². The van der Waals surface area contributed by atoms with Crippen molar-refractivity contribution in [3.05, 3.63) is 52.8 Å².